The van der Waals surface area contributed by atoms with Gasteiger partial charge in [-0.05, 0) is 12.1 Å². The van der Waals surface area contributed by atoms with Gasteiger partial charge in [0.25, 0.3) is 0 Å². The molecule has 0 radical (unpaired) electrons. The monoisotopic (exact) mass is 253 g/mol. The van der Waals surface area contributed by atoms with E-state index in [-0.39, 0.29) is 11.9 Å². The van der Waals surface area contributed by atoms with E-state index in [4.69, 9.17) is 0 Å². The highest BCUT2D eigenvalue weighted by Crippen LogP contribution is 2.15. The summed E-state index contributed by atoms with van der Waals surface area (Å²) in [5, 5.41) is 3.25. The predicted molar refractivity (Wildman–Crippen MR) is 71.2 cm³/mol. The summed E-state index contributed by atoms with van der Waals surface area (Å²) in [5.41, 5.74) is 0. The number of nitrogens with one attached hydrogen (secondary N) is 1. The lowest BCUT2D eigenvalue weighted by molar-refractivity contribution is -0.144. The molecule has 0 amide bonds. The Bertz CT molecular complexity index is 329. The molecule has 94 valence electrons. The maximum Gasteiger partial charge on any atom is 0.309 e. The zero-order chi connectivity index (χ0) is 12.5. The molecule has 0 heterocycles. The van der Waals surface area contributed by atoms with Crippen molar-refractivity contribution < 1.29 is 9.53 Å². The van der Waals surface area contributed by atoms with Gasteiger partial charge in [-0.1, -0.05) is 25.1 Å². The molecule has 0 aromatic heterocycles. The Balaban J connectivity index is 2.07. The van der Waals surface area contributed by atoms with Crippen LogP contribution in [-0.2, 0) is 9.53 Å². The van der Waals surface area contributed by atoms with Crippen LogP contribution in [0.4, 0.5) is 0 Å². The fourth-order valence-electron chi connectivity index (χ4n) is 1.36. The topological polar surface area (TPSA) is 38.3 Å². The van der Waals surface area contributed by atoms with Crippen molar-refractivity contribution in [3.8, 4) is 0 Å². The summed E-state index contributed by atoms with van der Waals surface area (Å²) in [4.78, 5) is 12.4. The van der Waals surface area contributed by atoms with E-state index in [1.807, 2.05) is 36.9 Å². The molecular formula is C13H19NO2S. The van der Waals surface area contributed by atoms with Crippen LogP contribution in [-0.4, -0.2) is 31.9 Å². The molecule has 1 aromatic carbocycles. The van der Waals surface area contributed by atoms with E-state index in [9.17, 15) is 4.79 Å². The molecule has 1 rings (SSSR count). The van der Waals surface area contributed by atoms with E-state index in [0.717, 1.165) is 12.3 Å². The zero-order valence-corrected chi connectivity index (χ0v) is 11.1. The molecule has 0 aliphatic carbocycles. The highest BCUT2D eigenvalue weighted by molar-refractivity contribution is 7.99. The van der Waals surface area contributed by atoms with Gasteiger partial charge in [-0.3, -0.25) is 4.79 Å². The van der Waals surface area contributed by atoms with Crippen molar-refractivity contribution in [2.75, 3.05) is 26.0 Å². The molecule has 17 heavy (non-hydrogen) atoms. The lowest BCUT2D eigenvalue weighted by atomic mass is 10.2. The fraction of sp³-hybridized carbons (Fsp3) is 0.462. The molecule has 1 aromatic rings. The van der Waals surface area contributed by atoms with Crippen LogP contribution in [0.5, 0.6) is 0 Å². The molecular weight excluding hydrogens is 234 g/mol. The smallest absolute Gasteiger partial charge is 0.309 e. The van der Waals surface area contributed by atoms with E-state index in [2.05, 4.69) is 22.2 Å². The van der Waals surface area contributed by atoms with Crippen molar-refractivity contribution in [1.29, 1.82) is 0 Å². The van der Waals surface area contributed by atoms with Crippen LogP contribution in [0.3, 0.4) is 0 Å². The first-order valence-electron chi connectivity index (χ1n) is 5.70. The van der Waals surface area contributed by atoms with Crippen molar-refractivity contribution in [2.45, 2.75) is 11.8 Å². The zero-order valence-electron chi connectivity index (χ0n) is 10.3. The van der Waals surface area contributed by atoms with Crippen molar-refractivity contribution >= 4 is 17.7 Å². The molecule has 0 spiro atoms. The van der Waals surface area contributed by atoms with Gasteiger partial charge in [-0.15, -0.1) is 11.8 Å². The number of methoxy groups -OCH3 is 1. The van der Waals surface area contributed by atoms with E-state index in [0.29, 0.717) is 6.54 Å². The standard InChI is InChI=1S/C13H19NO2S/c1-11(13(15)16-2)10-14-8-9-17-12-6-4-3-5-7-12/h3-7,11,14H,8-10H2,1-2H3. The lowest BCUT2D eigenvalue weighted by Gasteiger charge is -2.10. The van der Waals surface area contributed by atoms with Crippen LogP contribution in [0.15, 0.2) is 35.2 Å². The molecule has 0 bridgehead atoms. The molecule has 0 saturated carbocycles. The number of ether oxygens (including phenoxy) is 1. The number of thioether (sulfide) groups is 1. The maximum absolute atomic E-state index is 11.1. The Morgan fingerprint density at radius 3 is 2.76 bits per heavy atom. The Hall–Kier alpha value is -1.00. The maximum atomic E-state index is 11.1. The highest BCUT2D eigenvalue weighted by atomic mass is 32.2. The molecule has 0 saturated heterocycles. The van der Waals surface area contributed by atoms with Crippen LogP contribution >= 0.6 is 11.8 Å². The second-order valence-electron chi connectivity index (χ2n) is 3.79. The van der Waals surface area contributed by atoms with Crippen molar-refractivity contribution in [3.05, 3.63) is 30.3 Å². The van der Waals surface area contributed by atoms with Gasteiger partial charge >= 0.3 is 5.97 Å². The van der Waals surface area contributed by atoms with Crippen molar-refractivity contribution in [2.24, 2.45) is 5.92 Å². The van der Waals surface area contributed by atoms with Gasteiger partial charge in [0.15, 0.2) is 0 Å². The predicted octanol–water partition coefficient (Wildman–Crippen LogP) is 2.18. The van der Waals surface area contributed by atoms with E-state index < -0.39 is 0 Å². The van der Waals surface area contributed by atoms with Gasteiger partial charge < -0.3 is 10.1 Å². The van der Waals surface area contributed by atoms with E-state index in [1.165, 1.54) is 12.0 Å². The number of esters is 1. The Kier molecular flexibility index (Phi) is 6.74. The Morgan fingerprint density at radius 1 is 1.41 bits per heavy atom. The van der Waals surface area contributed by atoms with E-state index in [1.54, 1.807) is 0 Å². The summed E-state index contributed by atoms with van der Waals surface area (Å²) in [5.74, 6) is 0.757. The van der Waals surface area contributed by atoms with Gasteiger partial charge in [0.05, 0.1) is 13.0 Å². The van der Waals surface area contributed by atoms with Crippen molar-refractivity contribution in [1.82, 2.24) is 5.32 Å². The molecule has 3 nitrogen and oxygen atoms in total. The molecule has 0 aliphatic heterocycles. The summed E-state index contributed by atoms with van der Waals surface area (Å²) in [7, 11) is 1.42. The van der Waals surface area contributed by atoms with E-state index >= 15 is 0 Å². The number of hydrogen-bond donors (Lipinski definition) is 1. The summed E-state index contributed by atoms with van der Waals surface area (Å²) in [6.45, 7) is 3.42. The van der Waals surface area contributed by atoms with Gasteiger partial charge in [-0.25, -0.2) is 0 Å². The van der Waals surface area contributed by atoms with Gasteiger partial charge in [0.1, 0.15) is 0 Å². The Labute approximate surface area is 107 Å². The minimum Gasteiger partial charge on any atom is -0.469 e. The van der Waals surface area contributed by atoms with Gasteiger partial charge in [0.2, 0.25) is 0 Å². The SMILES string of the molecule is COC(=O)C(C)CNCCSc1ccccc1. The van der Waals surface area contributed by atoms with Crippen LogP contribution in [0.1, 0.15) is 6.92 Å². The number of carbonyl (C=O) groups is 1. The van der Waals surface area contributed by atoms with Crippen molar-refractivity contribution in [3.63, 3.8) is 0 Å². The number of benzene rings is 1. The van der Waals surface area contributed by atoms with Gasteiger partial charge in [-0.2, -0.15) is 0 Å². The quantitative estimate of drug-likeness (QED) is 0.459. The molecule has 0 fully saturated rings. The second-order valence-corrected chi connectivity index (χ2v) is 4.96. The largest absolute Gasteiger partial charge is 0.469 e. The lowest BCUT2D eigenvalue weighted by Crippen LogP contribution is -2.28. The normalized spacial score (nSPS) is 12.1. The van der Waals surface area contributed by atoms with Gasteiger partial charge in [0, 0.05) is 23.7 Å². The molecule has 4 heteroatoms. The molecule has 1 unspecified atom stereocenters. The third kappa shape index (κ3) is 5.75. The Morgan fingerprint density at radius 2 is 2.12 bits per heavy atom. The minimum absolute atomic E-state index is 0.0817. The third-order valence-electron chi connectivity index (χ3n) is 2.34. The van der Waals surface area contributed by atoms with Crippen LogP contribution in [0.25, 0.3) is 0 Å². The highest BCUT2D eigenvalue weighted by Gasteiger charge is 2.11. The molecule has 0 aliphatic rings. The number of hydrogen-bond acceptors (Lipinski definition) is 4. The average molecular weight is 253 g/mol. The molecule has 1 N–H and O–H groups in total. The second kappa shape index (κ2) is 8.14. The summed E-state index contributed by atoms with van der Waals surface area (Å²) in [6.07, 6.45) is 0. The van der Waals surface area contributed by atoms with Crippen LogP contribution < -0.4 is 5.32 Å². The first-order valence-corrected chi connectivity index (χ1v) is 6.69. The summed E-state index contributed by atoms with van der Waals surface area (Å²) < 4.78 is 4.65. The molecule has 1 atom stereocenters. The number of rotatable bonds is 7. The summed E-state index contributed by atoms with van der Waals surface area (Å²) in [6, 6.07) is 10.3. The summed E-state index contributed by atoms with van der Waals surface area (Å²) >= 11 is 1.81. The number of carbonyl (C=O) groups excluding carboxylic acids is 1. The third-order valence-corrected chi connectivity index (χ3v) is 3.36. The average Bonchev–Trinajstić information content (AvgIpc) is 2.38. The minimum atomic E-state index is -0.159. The first kappa shape index (κ1) is 14.1. The fourth-order valence-corrected chi connectivity index (χ4v) is 2.19. The van der Waals surface area contributed by atoms with Crippen LogP contribution in [0, 0.1) is 5.92 Å². The first-order chi connectivity index (χ1) is 8.24. The van der Waals surface area contributed by atoms with Crippen LogP contribution in [0.2, 0.25) is 0 Å².